The molecule has 1 saturated carbocycles. The van der Waals surface area contributed by atoms with Crippen molar-refractivity contribution in [2.45, 2.75) is 39.2 Å². The molecule has 2 aliphatic rings. The molecule has 2 aromatic rings. The highest BCUT2D eigenvalue weighted by molar-refractivity contribution is 6.16. The molecule has 0 spiro atoms. The Hall–Kier alpha value is -2.89. The van der Waals surface area contributed by atoms with Crippen molar-refractivity contribution in [1.82, 2.24) is 5.32 Å². The van der Waals surface area contributed by atoms with Crippen LogP contribution in [0.3, 0.4) is 0 Å². The van der Waals surface area contributed by atoms with Gasteiger partial charge >= 0.3 is 0 Å². The van der Waals surface area contributed by atoms with Gasteiger partial charge in [0.2, 0.25) is 5.91 Å². The van der Waals surface area contributed by atoms with Gasteiger partial charge in [0.05, 0.1) is 0 Å². The highest BCUT2D eigenvalue weighted by atomic mass is 19.1. The van der Waals surface area contributed by atoms with Crippen LogP contribution in [0.15, 0.2) is 48.5 Å². The molecule has 1 aliphatic heterocycles. The number of anilines is 2. The normalized spacial score (nSPS) is 17.9. The molecule has 2 aromatic carbocycles. The summed E-state index contributed by atoms with van der Waals surface area (Å²) in [4.78, 5) is 30.3. The van der Waals surface area contributed by atoms with Gasteiger partial charge in [-0.1, -0.05) is 0 Å². The third-order valence-corrected chi connectivity index (χ3v) is 6.07. The summed E-state index contributed by atoms with van der Waals surface area (Å²) in [5.74, 6) is -0.464. The molecule has 0 bridgehead atoms. The quantitative estimate of drug-likeness (QED) is 0.583. The molecule has 0 atom stereocenters. The third-order valence-electron chi connectivity index (χ3n) is 6.07. The predicted molar refractivity (Wildman–Crippen MR) is 121 cm³/mol. The average Bonchev–Trinajstić information content (AvgIpc) is 3.55. The molecule has 1 saturated heterocycles. The van der Waals surface area contributed by atoms with Crippen LogP contribution in [0.1, 0.15) is 44.0 Å². The zero-order chi connectivity index (χ0) is 22.2. The maximum absolute atomic E-state index is 13.1. The molecule has 1 heterocycles. The summed E-state index contributed by atoms with van der Waals surface area (Å²) in [6, 6.07) is 14.2. The van der Waals surface area contributed by atoms with Gasteiger partial charge in [-0.2, -0.15) is 0 Å². The van der Waals surface area contributed by atoms with Gasteiger partial charge in [-0.15, -0.1) is 0 Å². The number of nitrogens with zero attached hydrogens (tertiary/aromatic N) is 2. The Morgan fingerprint density at radius 2 is 1.29 bits per heavy atom. The number of hydrogen-bond acceptors (Lipinski definition) is 4. The summed E-state index contributed by atoms with van der Waals surface area (Å²) in [5, 5.41) is 2.96. The second-order valence-electron chi connectivity index (χ2n) is 9.61. The second-order valence-corrected chi connectivity index (χ2v) is 9.61. The van der Waals surface area contributed by atoms with E-state index in [0.717, 1.165) is 37.6 Å². The molecule has 0 aromatic heterocycles. The number of carbonyl (C=O) groups excluding carboxylic acids is 2. The first-order chi connectivity index (χ1) is 14.7. The van der Waals surface area contributed by atoms with Crippen molar-refractivity contribution in [2.75, 3.05) is 36.0 Å². The smallest absolute Gasteiger partial charge is 0.234 e. The first kappa shape index (κ1) is 21.3. The van der Waals surface area contributed by atoms with E-state index in [1.54, 1.807) is 0 Å². The lowest BCUT2D eigenvalue weighted by molar-refractivity contribution is -0.126. The van der Waals surface area contributed by atoms with Crippen molar-refractivity contribution < 1.29 is 14.0 Å². The number of benzene rings is 2. The molecule has 4 rings (SSSR count). The number of nitrogens with one attached hydrogen (secondary N) is 1. The number of halogens is 1. The van der Waals surface area contributed by atoms with Gasteiger partial charge in [0.15, 0.2) is 5.78 Å². The maximum Gasteiger partial charge on any atom is 0.234 e. The Morgan fingerprint density at radius 1 is 0.839 bits per heavy atom. The molecule has 1 N–H and O–H groups in total. The number of amides is 1. The number of rotatable bonds is 5. The van der Waals surface area contributed by atoms with Crippen LogP contribution in [0.25, 0.3) is 0 Å². The molecular formula is C25H30FN3O2. The van der Waals surface area contributed by atoms with Crippen LogP contribution in [0.5, 0.6) is 0 Å². The molecule has 2 fully saturated rings. The fraction of sp³-hybridized carbons (Fsp3) is 0.440. The number of piperazine rings is 1. The summed E-state index contributed by atoms with van der Waals surface area (Å²) in [6.07, 6.45) is 1.22. The number of hydrogen-bond donors (Lipinski definition) is 1. The van der Waals surface area contributed by atoms with E-state index < -0.39 is 5.41 Å². The lowest BCUT2D eigenvalue weighted by Gasteiger charge is -2.37. The van der Waals surface area contributed by atoms with E-state index in [0.29, 0.717) is 18.4 Å². The van der Waals surface area contributed by atoms with Gasteiger partial charge in [0, 0.05) is 48.7 Å². The van der Waals surface area contributed by atoms with Crippen molar-refractivity contribution in [2.24, 2.45) is 5.41 Å². The highest BCUT2D eigenvalue weighted by Crippen LogP contribution is 2.49. The lowest BCUT2D eigenvalue weighted by Crippen LogP contribution is -2.47. The topological polar surface area (TPSA) is 52.7 Å². The Balaban J connectivity index is 1.38. The number of ketones is 1. The van der Waals surface area contributed by atoms with Crippen molar-refractivity contribution in [3.63, 3.8) is 0 Å². The molecule has 0 radical (unpaired) electrons. The van der Waals surface area contributed by atoms with Gasteiger partial charge in [-0.25, -0.2) is 4.39 Å². The Labute approximate surface area is 183 Å². The standard InChI is InChI=1S/C25H30FN3O2/c1-24(2,3)27-23(31)25(12-13-25)22(30)18-4-8-20(9-5-18)28-14-16-29(17-15-28)21-10-6-19(26)7-11-21/h4-11H,12-17H2,1-3H3,(H,27,31). The number of Topliss-reactive ketones (excluding diaryl/α,β-unsaturated/α-hetero) is 1. The van der Waals surface area contributed by atoms with E-state index in [2.05, 4.69) is 15.1 Å². The summed E-state index contributed by atoms with van der Waals surface area (Å²) in [5.41, 5.74) is 1.45. The second kappa shape index (κ2) is 7.98. The molecule has 31 heavy (non-hydrogen) atoms. The molecule has 5 nitrogen and oxygen atoms in total. The van der Waals surface area contributed by atoms with Crippen LogP contribution in [0, 0.1) is 11.2 Å². The SMILES string of the molecule is CC(C)(C)NC(=O)C1(C(=O)c2ccc(N3CCN(c4ccc(F)cc4)CC3)cc2)CC1. The van der Waals surface area contributed by atoms with Gasteiger partial charge in [-0.3, -0.25) is 9.59 Å². The van der Waals surface area contributed by atoms with Crippen LogP contribution in [0.4, 0.5) is 15.8 Å². The monoisotopic (exact) mass is 423 g/mol. The molecule has 164 valence electrons. The summed E-state index contributed by atoms with van der Waals surface area (Å²) >= 11 is 0. The van der Waals surface area contributed by atoms with Crippen molar-refractivity contribution >= 4 is 23.1 Å². The van der Waals surface area contributed by atoms with E-state index in [9.17, 15) is 14.0 Å². The highest BCUT2D eigenvalue weighted by Gasteiger charge is 2.56. The van der Waals surface area contributed by atoms with Gasteiger partial charge in [0.25, 0.3) is 0 Å². The Bertz CT molecular complexity index is 952. The van der Waals surface area contributed by atoms with E-state index in [-0.39, 0.29) is 23.0 Å². The molecule has 0 unspecified atom stereocenters. The van der Waals surface area contributed by atoms with Crippen LogP contribution in [0.2, 0.25) is 0 Å². The van der Waals surface area contributed by atoms with Crippen molar-refractivity contribution in [3.8, 4) is 0 Å². The van der Waals surface area contributed by atoms with Crippen molar-refractivity contribution in [3.05, 3.63) is 59.9 Å². The zero-order valence-electron chi connectivity index (χ0n) is 18.5. The lowest BCUT2D eigenvalue weighted by atomic mass is 9.92. The summed E-state index contributed by atoms with van der Waals surface area (Å²) < 4.78 is 13.1. The van der Waals surface area contributed by atoms with Crippen LogP contribution < -0.4 is 15.1 Å². The largest absolute Gasteiger partial charge is 0.368 e. The van der Waals surface area contributed by atoms with Crippen LogP contribution in [-0.4, -0.2) is 43.4 Å². The predicted octanol–water partition coefficient (Wildman–Crippen LogP) is 4.03. The van der Waals surface area contributed by atoms with Gasteiger partial charge < -0.3 is 15.1 Å². The van der Waals surface area contributed by atoms with Crippen LogP contribution in [-0.2, 0) is 4.79 Å². The Kier molecular flexibility index (Phi) is 5.50. The molecular weight excluding hydrogens is 393 g/mol. The molecule has 6 heteroatoms. The first-order valence-corrected chi connectivity index (χ1v) is 10.9. The maximum atomic E-state index is 13.1. The van der Waals surface area contributed by atoms with E-state index in [4.69, 9.17) is 0 Å². The number of carbonyl (C=O) groups is 2. The van der Waals surface area contributed by atoms with Crippen molar-refractivity contribution in [1.29, 1.82) is 0 Å². The van der Waals surface area contributed by atoms with E-state index in [1.165, 1.54) is 12.1 Å². The van der Waals surface area contributed by atoms with E-state index >= 15 is 0 Å². The van der Waals surface area contributed by atoms with E-state index in [1.807, 2.05) is 57.2 Å². The van der Waals surface area contributed by atoms with Gasteiger partial charge in [0.1, 0.15) is 11.2 Å². The van der Waals surface area contributed by atoms with Gasteiger partial charge in [-0.05, 0) is 82.1 Å². The average molecular weight is 424 g/mol. The summed E-state index contributed by atoms with van der Waals surface area (Å²) in [7, 11) is 0. The Morgan fingerprint density at radius 3 is 1.71 bits per heavy atom. The third kappa shape index (κ3) is 4.58. The minimum absolute atomic E-state index is 0.0815. The fourth-order valence-electron chi connectivity index (χ4n) is 4.12. The minimum Gasteiger partial charge on any atom is -0.368 e. The minimum atomic E-state index is -0.893. The first-order valence-electron chi connectivity index (χ1n) is 10.9. The summed E-state index contributed by atoms with van der Waals surface area (Å²) in [6.45, 7) is 9.18. The molecule has 1 amide bonds. The van der Waals surface area contributed by atoms with Crippen LogP contribution >= 0.6 is 0 Å². The fourth-order valence-corrected chi connectivity index (χ4v) is 4.12. The zero-order valence-corrected chi connectivity index (χ0v) is 18.5. The molecule has 1 aliphatic carbocycles.